The van der Waals surface area contributed by atoms with E-state index in [9.17, 15) is 5.11 Å². The maximum atomic E-state index is 10.1. The highest BCUT2D eigenvalue weighted by Gasteiger charge is 2.21. The molecule has 1 aromatic rings. The summed E-state index contributed by atoms with van der Waals surface area (Å²) in [4.78, 5) is 0. The van der Waals surface area contributed by atoms with Crippen LogP contribution in [0.5, 0.6) is 0 Å². The van der Waals surface area contributed by atoms with E-state index < -0.39 is 6.10 Å². The minimum atomic E-state index is -0.740. The predicted molar refractivity (Wildman–Crippen MR) is 67.1 cm³/mol. The van der Waals surface area contributed by atoms with Crippen molar-refractivity contribution in [2.45, 2.75) is 32.5 Å². The number of aliphatic hydroxyl groups excluding tert-OH is 1. The van der Waals surface area contributed by atoms with Crippen LogP contribution in [0.15, 0.2) is 18.2 Å². The summed E-state index contributed by atoms with van der Waals surface area (Å²) in [6.07, 6.45) is -0.269. The van der Waals surface area contributed by atoms with Gasteiger partial charge < -0.3 is 9.84 Å². The molecule has 0 amide bonds. The standard InChI is InChI=1S/C12H16Cl2O2/c1-3-11(16-4-2)12(15)9-7-8(13)5-6-10(9)14/h5-7,11-12,15H,3-4H2,1-2H3. The molecular weight excluding hydrogens is 247 g/mol. The highest BCUT2D eigenvalue weighted by atomic mass is 35.5. The zero-order valence-electron chi connectivity index (χ0n) is 9.41. The van der Waals surface area contributed by atoms with Crippen molar-refractivity contribution in [1.82, 2.24) is 0 Å². The molecule has 1 N–H and O–H groups in total. The van der Waals surface area contributed by atoms with E-state index in [0.29, 0.717) is 22.2 Å². The summed E-state index contributed by atoms with van der Waals surface area (Å²) < 4.78 is 5.45. The normalized spacial score (nSPS) is 14.8. The fourth-order valence-corrected chi connectivity index (χ4v) is 2.00. The van der Waals surface area contributed by atoms with Crippen LogP contribution in [-0.4, -0.2) is 17.8 Å². The summed E-state index contributed by atoms with van der Waals surface area (Å²) in [5, 5.41) is 11.2. The zero-order chi connectivity index (χ0) is 12.1. The van der Waals surface area contributed by atoms with Gasteiger partial charge in [0.2, 0.25) is 0 Å². The van der Waals surface area contributed by atoms with Gasteiger partial charge in [-0.25, -0.2) is 0 Å². The molecule has 0 aliphatic carbocycles. The first-order valence-corrected chi connectivity index (χ1v) is 6.10. The fraction of sp³-hybridized carbons (Fsp3) is 0.500. The summed E-state index contributed by atoms with van der Waals surface area (Å²) in [5.41, 5.74) is 0.620. The highest BCUT2D eigenvalue weighted by molar-refractivity contribution is 6.33. The molecular formula is C12H16Cl2O2. The van der Waals surface area contributed by atoms with Crippen LogP contribution < -0.4 is 0 Å². The van der Waals surface area contributed by atoms with Gasteiger partial charge in [-0.3, -0.25) is 0 Å². The largest absolute Gasteiger partial charge is 0.386 e. The van der Waals surface area contributed by atoms with E-state index in [1.807, 2.05) is 13.8 Å². The van der Waals surface area contributed by atoms with E-state index in [-0.39, 0.29) is 6.10 Å². The van der Waals surface area contributed by atoms with Crippen LogP contribution in [0.25, 0.3) is 0 Å². The number of halogens is 2. The first-order valence-electron chi connectivity index (χ1n) is 5.34. The van der Waals surface area contributed by atoms with Crippen molar-refractivity contribution in [1.29, 1.82) is 0 Å². The molecule has 0 saturated heterocycles. The van der Waals surface area contributed by atoms with Gasteiger partial charge in [0.1, 0.15) is 6.10 Å². The molecule has 0 saturated carbocycles. The summed E-state index contributed by atoms with van der Waals surface area (Å²) in [5.74, 6) is 0. The molecule has 2 unspecified atom stereocenters. The Morgan fingerprint density at radius 1 is 1.31 bits per heavy atom. The lowest BCUT2D eigenvalue weighted by Gasteiger charge is -2.22. The Balaban J connectivity index is 2.93. The van der Waals surface area contributed by atoms with Crippen LogP contribution in [0.1, 0.15) is 31.9 Å². The Morgan fingerprint density at radius 2 is 2.00 bits per heavy atom. The van der Waals surface area contributed by atoms with E-state index in [1.54, 1.807) is 18.2 Å². The van der Waals surface area contributed by atoms with Crippen molar-refractivity contribution in [3.05, 3.63) is 33.8 Å². The van der Waals surface area contributed by atoms with Gasteiger partial charge in [-0.15, -0.1) is 0 Å². The van der Waals surface area contributed by atoms with Gasteiger partial charge in [-0.1, -0.05) is 30.1 Å². The van der Waals surface area contributed by atoms with Crippen molar-refractivity contribution in [2.24, 2.45) is 0 Å². The van der Waals surface area contributed by atoms with Crippen LogP contribution in [0.3, 0.4) is 0 Å². The smallest absolute Gasteiger partial charge is 0.107 e. The number of hydrogen-bond acceptors (Lipinski definition) is 2. The van der Waals surface area contributed by atoms with Gasteiger partial charge in [-0.05, 0) is 31.5 Å². The Kier molecular flexibility index (Phi) is 5.56. The van der Waals surface area contributed by atoms with Crippen molar-refractivity contribution in [3.63, 3.8) is 0 Å². The fourth-order valence-electron chi connectivity index (χ4n) is 1.59. The van der Waals surface area contributed by atoms with Crippen molar-refractivity contribution < 1.29 is 9.84 Å². The lowest BCUT2D eigenvalue weighted by atomic mass is 10.0. The molecule has 0 bridgehead atoms. The van der Waals surface area contributed by atoms with Crippen LogP contribution >= 0.6 is 23.2 Å². The monoisotopic (exact) mass is 262 g/mol. The van der Waals surface area contributed by atoms with Crippen molar-refractivity contribution >= 4 is 23.2 Å². The Bertz CT molecular complexity index is 342. The van der Waals surface area contributed by atoms with E-state index in [0.717, 1.165) is 6.42 Å². The Hall–Kier alpha value is -0.280. The van der Waals surface area contributed by atoms with Gasteiger partial charge >= 0.3 is 0 Å². The number of rotatable bonds is 5. The molecule has 2 atom stereocenters. The van der Waals surface area contributed by atoms with Crippen LogP contribution in [0, 0.1) is 0 Å². The van der Waals surface area contributed by atoms with Crippen molar-refractivity contribution in [2.75, 3.05) is 6.61 Å². The van der Waals surface area contributed by atoms with Gasteiger partial charge in [0.25, 0.3) is 0 Å². The van der Waals surface area contributed by atoms with Gasteiger partial charge in [0.05, 0.1) is 6.10 Å². The lowest BCUT2D eigenvalue weighted by molar-refractivity contribution is -0.0355. The number of benzene rings is 1. The molecule has 1 aromatic carbocycles. The molecule has 90 valence electrons. The Morgan fingerprint density at radius 3 is 2.56 bits per heavy atom. The van der Waals surface area contributed by atoms with E-state index >= 15 is 0 Å². The number of ether oxygens (including phenoxy) is 1. The Labute approximate surface area is 106 Å². The predicted octanol–water partition coefficient (Wildman–Crippen LogP) is 3.84. The molecule has 0 aliphatic rings. The molecule has 0 fully saturated rings. The summed E-state index contributed by atoms with van der Waals surface area (Å²) in [6.45, 7) is 4.42. The maximum absolute atomic E-state index is 10.1. The number of aliphatic hydroxyl groups is 1. The van der Waals surface area contributed by atoms with Crippen LogP contribution in [-0.2, 0) is 4.74 Å². The van der Waals surface area contributed by atoms with Crippen molar-refractivity contribution in [3.8, 4) is 0 Å². The van der Waals surface area contributed by atoms with Gasteiger partial charge in [0.15, 0.2) is 0 Å². The second-order valence-electron chi connectivity index (χ2n) is 3.51. The molecule has 16 heavy (non-hydrogen) atoms. The second kappa shape index (κ2) is 6.45. The topological polar surface area (TPSA) is 29.5 Å². The summed E-state index contributed by atoms with van der Waals surface area (Å²) in [7, 11) is 0. The average Bonchev–Trinajstić information content (AvgIpc) is 2.28. The van der Waals surface area contributed by atoms with Gasteiger partial charge in [0, 0.05) is 22.2 Å². The maximum Gasteiger partial charge on any atom is 0.107 e. The minimum Gasteiger partial charge on any atom is -0.386 e. The highest BCUT2D eigenvalue weighted by Crippen LogP contribution is 2.30. The van der Waals surface area contributed by atoms with E-state index in [1.165, 1.54) is 0 Å². The molecule has 0 aromatic heterocycles. The molecule has 1 rings (SSSR count). The quantitative estimate of drug-likeness (QED) is 0.874. The molecule has 0 spiro atoms. The average molecular weight is 263 g/mol. The van der Waals surface area contributed by atoms with E-state index in [2.05, 4.69) is 0 Å². The third-order valence-corrected chi connectivity index (χ3v) is 2.99. The SMILES string of the molecule is CCOC(CC)C(O)c1cc(Cl)ccc1Cl. The first kappa shape index (κ1) is 13.8. The molecule has 4 heteroatoms. The zero-order valence-corrected chi connectivity index (χ0v) is 10.9. The molecule has 2 nitrogen and oxygen atoms in total. The second-order valence-corrected chi connectivity index (χ2v) is 4.36. The molecule has 0 radical (unpaired) electrons. The minimum absolute atomic E-state index is 0.249. The third-order valence-electron chi connectivity index (χ3n) is 2.41. The lowest BCUT2D eigenvalue weighted by Crippen LogP contribution is -2.21. The van der Waals surface area contributed by atoms with Crippen LogP contribution in [0.2, 0.25) is 10.0 Å². The van der Waals surface area contributed by atoms with Crippen LogP contribution in [0.4, 0.5) is 0 Å². The summed E-state index contributed by atoms with van der Waals surface area (Å²) in [6, 6.07) is 5.05. The molecule has 0 heterocycles. The van der Waals surface area contributed by atoms with E-state index in [4.69, 9.17) is 27.9 Å². The summed E-state index contributed by atoms with van der Waals surface area (Å²) >= 11 is 11.9. The first-order chi connectivity index (χ1) is 7.60. The number of hydrogen-bond donors (Lipinski definition) is 1. The molecule has 0 aliphatic heterocycles. The van der Waals surface area contributed by atoms with Gasteiger partial charge in [-0.2, -0.15) is 0 Å². The third kappa shape index (κ3) is 3.36.